The van der Waals surface area contributed by atoms with Gasteiger partial charge in [-0.1, -0.05) is 12.1 Å². The van der Waals surface area contributed by atoms with Crippen molar-refractivity contribution in [3.63, 3.8) is 0 Å². The lowest BCUT2D eigenvalue weighted by molar-refractivity contribution is -0.387. The Morgan fingerprint density at radius 2 is 1.89 bits per heavy atom. The average Bonchev–Trinajstić information content (AvgIpc) is 2.96. The van der Waals surface area contributed by atoms with E-state index in [1.807, 2.05) is 0 Å². The SMILES string of the molecule is COC(=O)CC(NSc1ccccc1[N+](=O)[O-])C(=O)On1c(O)ccc1O. The summed E-state index contributed by atoms with van der Waals surface area (Å²) >= 11 is 0.751. The molecule has 0 fully saturated rings. The van der Waals surface area contributed by atoms with Crippen LogP contribution in [0.4, 0.5) is 5.69 Å². The molecule has 0 aliphatic carbocycles. The summed E-state index contributed by atoms with van der Waals surface area (Å²) in [4.78, 5) is 39.4. The van der Waals surface area contributed by atoms with E-state index in [0.29, 0.717) is 4.73 Å². The number of nitro benzene ring substituents is 1. The first-order valence-electron chi connectivity index (χ1n) is 7.38. The van der Waals surface area contributed by atoms with Crippen LogP contribution < -0.4 is 9.56 Å². The largest absolute Gasteiger partial charge is 0.492 e. The summed E-state index contributed by atoms with van der Waals surface area (Å²) in [7, 11) is 1.13. The number of ether oxygens (including phenoxy) is 1. The van der Waals surface area contributed by atoms with Gasteiger partial charge in [0, 0.05) is 18.2 Å². The summed E-state index contributed by atoms with van der Waals surface area (Å²) in [5, 5.41) is 30.1. The molecule has 0 amide bonds. The molecule has 1 atom stereocenters. The zero-order valence-corrected chi connectivity index (χ0v) is 14.7. The number of para-hydroxylation sites is 1. The average molecular weight is 397 g/mol. The van der Waals surface area contributed by atoms with Crippen molar-refractivity contribution in [3.8, 4) is 11.8 Å². The summed E-state index contributed by atoms with van der Waals surface area (Å²) in [5.41, 5.74) is -0.194. The van der Waals surface area contributed by atoms with E-state index in [9.17, 15) is 29.9 Å². The fraction of sp³-hybridized carbons (Fsp3) is 0.200. The lowest BCUT2D eigenvalue weighted by Crippen LogP contribution is -2.40. The third-order valence-electron chi connectivity index (χ3n) is 3.23. The summed E-state index contributed by atoms with van der Waals surface area (Å²) < 4.78 is 7.59. The number of rotatable bonds is 8. The number of esters is 1. The third-order valence-corrected chi connectivity index (χ3v) is 4.20. The van der Waals surface area contributed by atoms with Gasteiger partial charge in [-0.2, -0.15) is 0 Å². The molecule has 2 rings (SSSR count). The smallest absolute Gasteiger partial charge is 0.351 e. The number of methoxy groups -OCH3 is 1. The summed E-state index contributed by atoms with van der Waals surface area (Å²) in [5.74, 6) is -2.85. The van der Waals surface area contributed by atoms with E-state index < -0.39 is 41.1 Å². The number of nitrogens with zero attached hydrogens (tertiary/aromatic N) is 2. The lowest BCUT2D eigenvalue weighted by atomic mass is 10.2. The molecule has 0 spiro atoms. The standard InChI is InChI=1S/C15H15N3O8S/c1-25-14(21)8-9(15(22)26-17-12(19)6-7-13(17)20)16-27-11-5-3-2-4-10(11)18(23)24/h2-7,9,16,19-20H,8H2,1H3. The first-order valence-corrected chi connectivity index (χ1v) is 8.19. The van der Waals surface area contributed by atoms with Crippen LogP contribution in [0.15, 0.2) is 41.3 Å². The first-order chi connectivity index (χ1) is 12.8. The summed E-state index contributed by atoms with van der Waals surface area (Å²) in [6, 6.07) is 6.69. The van der Waals surface area contributed by atoms with Gasteiger partial charge < -0.3 is 19.8 Å². The van der Waals surface area contributed by atoms with E-state index in [4.69, 9.17) is 4.84 Å². The monoisotopic (exact) mass is 397 g/mol. The van der Waals surface area contributed by atoms with E-state index in [1.54, 1.807) is 6.07 Å². The predicted molar refractivity (Wildman–Crippen MR) is 91.9 cm³/mol. The molecule has 1 aromatic heterocycles. The van der Waals surface area contributed by atoms with Gasteiger partial charge in [-0.15, -0.1) is 4.73 Å². The van der Waals surface area contributed by atoms with Gasteiger partial charge in [0.25, 0.3) is 5.69 Å². The minimum absolute atomic E-state index is 0.194. The van der Waals surface area contributed by atoms with E-state index in [1.165, 1.54) is 18.2 Å². The second-order valence-corrected chi connectivity index (χ2v) is 5.91. The van der Waals surface area contributed by atoms with Crippen LogP contribution in [0.25, 0.3) is 0 Å². The van der Waals surface area contributed by atoms with E-state index >= 15 is 0 Å². The Bertz CT molecular complexity index is 834. The molecule has 3 N–H and O–H groups in total. The zero-order chi connectivity index (χ0) is 20.0. The third kappa shape index (κ3) is 5.12. The van der Waals surface area contributed by atoms with Crippen molar-refractivity contribution in [1.82, 2.24) is 9.45 Å². The van der Waals surface area contributed by atoms with Gasteiger partial charge in [0.2, 0.25) is 11.8 Å². The molecule has 0 saturated heterocycles. The highest BCUT2D eigenvalue weighted by molar-refractivity contribution is 7.97. The van der Waals surface area contributed by atoms with Crippen molar-refractivity contribution < 1.29 is 34.3 Å². The molecule has 144 valence electrons. The Morgan fingerprint density at radius 3 is 2.48 bits per heavy atom. The molecule has 12 heteroatoms. The van der Waals surface area contributed by atoms with Crippen molar-refractivity contribution in [1.29, 1.82) is 0 Å². The van der Waals surface area contributed by atoms with Crippen LogP contribution in [-0.2, 0) is 14.3 Å². The summed E-state index contributed by atoms with van der Waals surface area (Å²) in [6.07, 6.45) is -0.453. The van der Waals surface area contributed by atoms with Crippen LogP contribution in [0.3, 0.4) is 0 Å². The number of aromatic hydroxyl groups is 2. The molecule has 1 aromatic carbocycles. The van der Waals surface area contributed by atoms with E-state index in [2.05, 4.69) is 9.46 Å². The van der Waals surface area contributed by atoms with Gasteiger partial charge in [-0.05, 0) is 18.0 Å². The molecule has 11 nitrogen and oxygen atoms in total. The van der Waals surface area contributed by atoms with Crippen LogP contribution in [0.1, 0.15) is 6.42 Å². The van der Waals surface area contributed by atoms with Crippen molar-refractivity contribution in [2.75, 3.05) is 7.11 Å². The van der Waals surface area contributed by atoms with Crippen LogP contribution in [0, 0.1) is 10.1 Å². The summed E-state index contributed by atoms with van der Waals surface area (Å²) in [6.45, 7) is 0. The Balaban J connectivity index is 2.16. The molecule has 0 aliphatic heterocycles. The maximum absolute atomic E-state index is 12.3. The van der Waals surface area contributed by atoms with Gasteiger partial charge in [-0.25, -0.2) is 9.52 Å². The number of hydrogen-bond donors (Lipinski definition) is 3. The zero-order valence-electron chi connectivity index (χ0n) is 13.9. The second kappa shape index (κ2) is 8.91. The Morgan fingerprint density at radius 1 is 1.26 bits per heavy atom. The van der Waals surface area contributed by atoms with Gasteiger partial charge in [0.15, 0.2) is 0 Å². The molecule has 1 heterocycles. The maximum Gasteiger partial charge on any atom is 0.351 e. The topological polar surface area (TPSA) is 153 Å². The van der Waals surface area contributed by atoms with Gasteiger partial charge in [0.05, 0.1) is 18.5 Å². The van der Waals surface area contributed by atoms with Crippen LogP contribution in [0.2, 0.25) is 0 Å². The molecule has 0 bridgehead atoms. The highest BCUT2D eigenvalue weighted by Crippen LogP contribution is 2.27. The number of nitro groups is 1. The van der Waals surface area contributed by atoms with Gasteiger partial charge >= 0.3 is 11.9 Å². The molecular weight excluding hydrogens is 382 g/mol. The fourth-order valence-corrected chi connectivity index (χ4v) is 2.74. The molecule has 0 saturated carbocycles. The van der Waals surface area contributed by atoms with E-state index in [-0.39, 0.29) is 10.6 Å². The molecule has 2 aromatic rings. The highest BCUT2D eigenvalue weighted by Gasteiger charge is 2.27. The minimum Gasteiger partial charge on any atom is -0.492 e. The molecule has 1 unspecified atom stereocenters. The molecule has 0 aliphatic rings. The fourth-order valence-electron chi connectivity index (χ4n) is 1.90. The Labute approximate surface area is 156 Å². The lowest BCUT2D eigenvalue weighted by Gasteiger charge is -2.16. The number of hydrogen-bond acceptors (Lipinski definition) is 10. The number of carbonyl (C=O) groups is 2. The number of carbonyl (C=O) groups excluding carboxylic acids is 2. The normalized spacial score (nSPS) is 11.6. The second-order valence-electron chi connectivity index (χ2n) is 5.03. The Hall–Kier alpha value is -3.25. The van der Waals surface area contributed by atoms with Crippen LogP contribution >= 0.6 is 11.9 Å². The van der Waals surface area contributed by atoms with Crippen molar-refractivity contribution in [2.24, 2.45) is 0 Å². The molecule has 27 heavy (non-hydrogen) atoms. The molecular formula is C15H15N3O8S. The minimum atomic E-state index is -1.29. The number of nitrogens with one attached hydrogen (secondary N) is 1. The van der Waals surface area contributed by atoms with Gasteiger partial charge in [-0.3, -0.25) is 14.9 Å². The van der Waals surface area contributed by atoms with Crippen LogP contribution in [-0.4, -0.2) is 45.0 Å². The maximum atomic E-state index is 12.3. The van der Waals surface area contributed by atoms with Crippen molar-refractivity contribution in [3.05, 3.63) is 46.5 Å². The predicted octanol–water partition coefficient (Wildman–Crippen LogP) is 0.991. The van der Waals surface area contributed by atoms with Crippen LogP contribution in [0.5, 0.6) is 11.8 Å². The number of aromatic nitrogens is 1. The highest BCUT2D eigenvalue weighted by atomic mass is 32.2. The first kappa shape index (κ1) is 20.1. The molecule has 0 radical (unpaired) electrons. The quantitative estimate of drug-likeness (QED) is 0.254. The number of benzene rings is 1. The van der Waals surface area contributed by atoms with E-state index in [0.717, 1.165) is 31.2 Å². The van der Waals surface area contributed by atoms with Crippen molar-refractivity contribution in [2.45, 2.75) is 17.4 Å². The Kier molecular flexibility index (Phi) is 6.62. The van der Waals surface area contributed by atoms with Crippen molar-refractivity contribution >= 4 is 29.6 Å². The van der Waals surface area contributed by atoms with Gasteiger partial charge in [0.1, 0.15) is 10.9 Å².